The van der Waals surface area contributed by atoms with Crippen molar-refractivity contribution in [1.29, 1.82) is 0 Å². The number of carbonyl (C=O) groups excluding carboxylic acids is 1. The molecule has 0 saturated heterocycles. The lowest BCUT2D eigenvalue weighted by atomic mass is 9.91. The fourth-order valence-corrected chi connectivity index (χ4v) is 1.45. The summed E-state index contributed by atoms with van der Waals surface area (Å²) in [5.41, 5.74) is 4.37. The zero-order chi connectivity index (χ0) is 15.3. The first-order chi connectivity index (χ1) is 9.20. The van der Waals surface area contributed by atoms with Gasteiger partial charge in [0.2, 0.25) is 0 Å². The molecule has 0 aliphatic heterocycles. The number of carbonyl (C=O) groups is 1. The molecule has 0 unspecified atom stereocenters. The second-order valence-electron chi connectivity index (χ2n) is 5.68. The van der Waals surface area contributed by atoms with E-state index in [2.05, 4.69) is 26.5 Å². The standard InChI is InChI=1S/C15H21BrN2O2/c1-10-8-12(6-7-13(10)16)20-9-14(19)18-17-11(2)15(3,4)5/h6-8H,9H2,1-5H3,(H,18,19)/b17-11+. The molecule has 5 heteroatoms. The van der Waals surface area contributed by atoms with Crippen LogP contribution in [-0.2, 0) is 4.79 Å². The highest BCUT2D eigenvalue weighted by molar-refractivity contribution is 9.10. The smallest absolute Gasteiger partial charge is 0.277 e. The number of benzene rings is 1. The molecule has 1 aromatic carbocycles. The van der Waals surface area contributed by atoms with E-state index in [1.54, 1.807) is 0 Å². The lowest BCUT2D eigenvalue weighted by Crippen LogP contribution is -2.28. The molecule has 1 aromatic rings. The van der Waals surface area contributed by atoms with Gasteiger partial charge in [-0.2, -0.15) is 5.10 Å². The highest BCUT2D eigenvalue weighted by atomic mass is 79.9. The Bertz CT molecular complexity index is 519. The summed E-state index contributed by atoms with van der Waals surface area (Å²) in [6.07, 6.45) is 0. The first kappa shape index (κ1) is 16.7. The molecule has 0 aliphatic carbocycles. The predicted octanol–water partition coefficient (Wildman–Crippen LogP) is 3.67. The summed E-state index contributed by atoms with van der Waals surface area (Å²) in [6.45, 7) is 9.92. The van der Waals surface area contributed by atoms with E-state index < -0.39 is 0 Å². The first-order valence-electron chi connectivity index (χ1n) is 6.42. The van der Waals surface area contributed by atoms with Crippen molar-refractivity contribution < 1.29 is 9.53 Å². The third-order valence-corrected chi connectivity index (χ3v) is 3.82. The fourth-order valence-electron chi connectivity index (χ4n) is 1.20. The number of nitrogens with one attached hydrogen (secondary N) is 1. The van der Waals surface area contributed by atoms with Crippen molar-refractivity contribution >= 4 is 27.5 Å². The van der Waals surface area contributed by atoms with Crippen molar-refractivity contribution in [2.75, 3.05) is 6.61 Å². The van der Waals surface area contributed by atoms with Gasteiger partial charge in [-0.25, -0.2) is 5.43 Å². The van der Waals surface area contributed by atoms with Crippen LogP contribution >= 0.6 is 15.9 Å². The first-order valence-corrected chi connectivity index (χ1v) is 7.22. The molecular formula is C15H21BrN2O2. The van der Waals surface area contributed by atoms with Crippen molar-refractivity contribution in [3.8, 4) is 5.75 Å². The lowest BCUT2D eigenvalue weighted by Gasteiger charge is -2.17. The number of nitrogens with zero attached hydrogens (tertiary/aromatic N) is 1. The van der Waals surface area contributed by atoms with Crippen LogP contribution in [0.2, 0.25) is 0 Å². The predicted molar refractivity (Wildman–Crippen MR) is 85.1 cm³/mol. The molecular weight excluding hydrogens is 320 g/mol. The Kier molecular flexibility index (Phi) is 5.74. The SMILES string of the molecule is C/C(=N\NC(=O)COc1ccc(Br)c(C)c1)C(C)(C)C. The summed E-state index contributed by atoms with van der Waals surface area (Å²) in [5, 5.41) is 4.07. The van der Waals surface area contributed by atoms with Gasteiger partial charge in [0.05, 0.1) is 0 Å². The zero-order valence-electron chi connectivity index (χ0n) is 12.6. The van der Waals surface area contributed by atoms with Crippen molar-refractivity contribution in [2.45, 2.75) is 34.6 Å². The van der Waals surface area contributed by atoms with Gasteiger partial charge in [-0.15, -0.1) is 0 Å². The molecule has 110 valence electrons. The van der Waals surface area contributed by atoms with Crippen molar-refractivity contribution in [2.24, 2.45) is 10.5 Å². The van der Waals surface area contributed by atoms with Crippen molar-refractivity contribution in [3.63, 3.8) is 0 Å². The second kappa shape index (κ2) is 6.88. The number of hydrazone groups is 1. The molecule has 0 radical (unpaired) electrons. The molecule has 0 spiro atoms. The van der Waals surface area contributed by atoms with E-state index in [9.17, 15) is 4.79 Å². The van der Waals surface area contributed by atoms with E-state index in [0.717, 1.165) is 15.7 Å². The molecule has 0 bridgehead atoms. The van der Waals surface area contributed by atoms with Gasteiger partial charge in [0.1, 0.15) is 5.75 Å². The van der Waals surface area contributed by atoms with E-state index >= 15 is 0 Å². The molecule has 4 nitrogen and oxygen atoms in total. The van der Waals surface area contributed by atoms with E-state index in [1.165, 1.54) is 0 Å². The van der Waals surface area contributed by atoms with Gasteiger partial charge < -0.3 is 4.74 Å². The summed E-state index contributed by atoms with van der Waals surface area (Å²) < 4.78 is 6.43. The number of aryl methyl sites for hydroxylation is 1. The number of hydrogen-bond acceptors (Lipinski definition) is 3. The number of halogens is 1. The van der Waals surface area contributed by atoms with E-state index in [4.69, 9.17) is 4.74 Å². The average molecular weight is 341 g/mol. The number of amides is 1. The summed E-state index contributed by atoms with van der Waals surface area (Å²) >= 11 is 3.42. The van der Waals surface area contributed by atoms with Gasteiger partial charge in [0.25, 0.3) is 5.91 Å². The fraction of sp³-hybridized carbons (Fsp3) is 0.467. The average Bonchev–Trinajstić information content (AvgIpc) is 2.36. The van der Waals surface area contributed by atoms with Crippen LogP contribution < -0.4 is 10.2 Å². The summed E-state index contributed by atoms with van der Waals surface area (Å²) in [5.74, 6) is 0.395. The van der Waals surface area contributed by atoms with Crippen LogP contribution in [0.25, 0.3) is 0 Å². The van der Waals surface area contributed by atoms with Gasteiger partial charge >= 0.3 is 0 Å². The van der Waals surface area contributed by atoms with Crippen LogP contribution in [0.4, 0.5) is 0 Å². The highest BCUT2D eigenvalue weighted by Gasteiger charge is 2.14. The monoisotopic (exact) mass is 340 g/mol. The third-order valence-electron chi connectivity index (χ3n) is 2.93. The second-order valence-corrected chi connectivity index (χ2v) is 6.54. The van der Waals surface area contributed by atoms with Crippen LogP contribution in [0, 0.1) is 12.3 Å². The molecule has 0 fully saturated rings. The Morgan fingerprint density at radius 1 is 1.40 bits per heavy atom. The lowest BCUT2D eigenvalue weighted by molar-refractivity contribution is -0.123. The minimum absolute atomic E-state index is 0.0536. The third kappa shape index (κ3) is 5.33. The Hall–Kier alpha value is -1.36. The maximum absolute atomic E-state index is 11.6. The van der Waals surface area contributed by atoms with Crippen LogP contribution in [0.1, 0.15) is 33.3 Å². The summed E-state index contributed by atoms with van der Waals surface area (Å²) in [4.78, 5) is 11.6. The van der Waals surface area contributed by atoms with Crippen LogP contribution in [0.5, 0.6) is 5.75 Å². The molecule has 0 atom stereocenters. The van der Waals surface area contributed by atoms with E-state index in [0.29, 0.717) is 5.75 Å². The molecule has 20 heavy (non-hydrogen) atoms. The molecule has 1 rings (SSSR count). The van der Waals surface area contributed by atoms with Crippen LogP contribution in [-0.4, -0.2) is 18.2 Å². The summed E-state index contributed by atoms with van der Waals surface area (Å²) in [6, 6.07) is 5.58. The van der Waals surface area contributed by atoms with E-state index in [1.807, 2.05) is 52.8 Å². The molecule has 1 N–H and O–H groups in total. The Morgan fingerprint density at radius 3 is 2.60 bits per heavy atom. The Morgan fingerprint density at radius 2 is 2.05 bits per heavy atom. The molecule has 0 aliphatic rings. The van der Waals surface area contributed by atoms with Gasteiger partial charge in [0.15, 0.2) is 6.61 Å². The molecule has 0 saturated carbocycles. The van der Waals surface area contributed by atoms with Crippen molar-refractivity contribution in [1.82, 2.24) is 5.43 Å². The van der Waals surface area contributed by atoms with Crippen molar-refractivity contribution in [3.05, 3.63) is 28.2 Å². The van der Waals surface area contributed by atoms with E-state index in [-0.39, 0.29) is 17.9 Å². The number of hydrogen-bond donors (Lipinski definition) is 1. The largest absolute Gasteiger partial charge is 0.484 e. The quantitative estimate of drug-likeness (QED) is 0.671. The van der Waals surface area contributed by atoms with Gasteiger partial charge in [0, 0.05) is 15.6 Å². The van der Waals surface area contributed by atoms with Crippen LogP contribution in [0.3, 0.4) is 0 Å². The molecule has 0 heterocycles. The van der Waals surface area contributed by atoms with Crippen LogP contribution in [0.15, 0.2) is 27.8 Å². The molecule has 1 amide bonds. The minimum Gasteiger partial charge on any atom is -0.484 e. The maximum Gasteiger partial charge on any atom is 0.277 e. The number of ether oxygens (including phenoxy) is 1. The Balaban J connectivity index is 2.50. The van der Waals surface area contributed by atoms with Gasteiger partial charge in [-0.1, -0.05) is 36.7 Å². The summed E-state index contributed by atoms with van der Waals surface area (Å²) in [7, 11) is 0. The highest BCUT2D eigenvalue weighted by Crippen LogP contribution is 2.21. The zero-order valence-corrected chi connectivity index (χ0v) is 14.2. The van der Waals surface area contributed by atoms with Gasteiger partial charge in [-0.05, 0) is 37.6 Å². The minimum atomic E-state index is -0.269. The Labute approximate surface area is 128 Å². The normalized spacial score (nSPS) is 12.2. The molecule has 0 aromatic heterocycles. The number of rotatable bonds is 4. The maximum atomic E-state index is 11.6. The topological polar surface area (TPSA) is 50.7 Å². The van der Waals surface area contributed by atoms with Gasteiger partial charge in [-0.3, -0.25) is 4.79 Å².